The number of esters is 1. The molecule has 1 N–H and O–H groups in total. The molecular weight excluding hydrogens is 348 g/mol. The number of nitrogens with one attached hydrogen (secondary N) is 1. The number of halogens is 2. The van der Waals surface area contributed by atoms with E-state index < -0.39 is 23.7 Å². The third-order valence-corrected chi connectivity index (χ3v) is 5.21. The van der Waals surface area contributed by atoms with Gasteiger partial charge in [0.15, 0.2) is 6.10 Å². The highest BCUT2D eigenvalue weighted by atomic mass is 32.2. The molecule has 1 aliphatic carbocycles. The lowest BCUT2D eigenvalue weighted by Gasteiger charge is -2.22. The summed E-state index contributed by atoms with van der Waals surface area (Å²) in [7, 11) is 0. The van der Waals surface area contributed by atoms with Crippen molar-refractivity contribution in [3.63, 3.8) is 0 Å². The Morgan fingerprint density at radius 2 is 2.00 bits per heavy atom. The van der Waals surface area contributed by atoms with E-state index in [0.29, 0.717) is 12.5 Å². The second-order valence-corrected chi connectivity index (χ2v) is 7.26. The normalized spacial score (nSPS) is 16.3. The van der Waals surface area contributed by atoms with Crippen molar-refractivity contribution < 1.29 is 23.1 Å². The number of ether oxygens (including phenoxy) is 1. The Labute approximate surface area is 150 Å². The molecule has 25 heavy (non-hydrogen) atoms. The largest absolute Gasteiger partial charge is 0.452 e. The zero-order valence-corrected chi connectivity index (χ0v) is 15.0. The van der Waals surface area contributed by atoms with Crippen molar-refractivity contribution in [1.29, 1.82) is 0 Å². The van der Waals surface area contributed by atoms with Crippen LogP contribution >= 0.6 is 11.8 Å². The molecule has 138 valence electrons. The van der Waals surface area contributed by atoms with Crippen molar-refractivity contribution in [3.05, 3.63) is 29.8 Å². The molecule has 0 bridgehead atoms. The molecule has 0 aliphatic heterocycles. The lowest BCUT2D eigenvalue weighted by atomic mass is 9.89. The first kappa shape index (κ1) is 19.7. The number of hydrogen-bond acceptors (Lipinski definition) is 4. The summed E-state index contributed by atoms with van der Waals surface area (Å²) in [4.78, 5) is 23.8. The van der Waals surface area contributed by atoms with Crippen LogP contribution in [0, 0.1) is 17.6 Å². The summed E-state index contributed by atoms with van der Waals surface area (Å²) in [5.41, 5.74) is 0. The molecule has 0 saturated heterocycles. The quantitative estimate of drug-likeness (QED) is 0.587. The van der Waals surface area contributed by atoms with Gasteiger partial charge in [0.2, 0.25) is 0 Å². The lowest BCUT2D eigenvalue weighted by molar-refractivity contribution is -0.152. The molecule has 1 fully saturated rings. The van der Waals surface area contributed by atoms with E-state index in [9.17, 15) is 18.4 Å². The molecule has 2 rings (SSSR count). The first-order valence-electron chi connectivity index (χ1n) is 8.50. The molecule has 1 saturated carbocycles. The van der Waals surface area contributed by atoms with E-state index in [1.165, 1.54) is 26.2 Å². The molecule has 7 heteroatoms. The van der Waals surface area contributed by atoms with Crippen LogP contribution in [0.1, 0.15) is 39.0 Å². The third-order valence-electron chi connectivity index (χ3n) is 4.21. The summed E-state index contributed by atoms with van der Waals surface area (Å²) in [5.74, 6) is -1.85. The maximum atomic E-state index is 13.5. The van der Waals surface area contributed by atoms with E-state index in [1.807, 2.05) is 0 Å². The summed E-state index contributed by atoms with van der Waals surface area (Å²) in [6.07, 6.45) is 4.96. The molecular formula is C18H23F2NO3S. The monoisotopic (exact) mass is 371 g/mol. The minimum atomic E-state index is -0.908. The number of carbonyl (C=O) groups excluding carboxylic acids is 2. The highest BCUT2D eigenvalue weighted by Gasteiger charge is 2.20. The highest BCUT2D eigenvalue weighted by molar-refractivity contribution is 8.00. The number of benzene rings is 1. The zero-order chi connectivity index (χ0) is 18.2. The summed E-state index contributed by atoms with van der Waals surface area (Å²) >= 11 is 0.838. The number of carbonyl (C=O) groups is 2. The Hall–Kier alpha value is -1.63. The topological polar surface area (TPSA) is 55.4 Å². The average Bonchev–Trinajstić information content (AvgIpc) is 2.61. The van der Waals surface area contributed by atoms with Gasteiger partial charge in [0.1, 0.15) is 11.6 Å². The van der Waals surface area contributed by atoms with Gasteiger partial charge in [-0.25, -0.2) is 8.78 Å². The Morgan fingerprint density at radius 3 is 2.72 bits per heavy atom. The standard InChI is InChI=1S/C18H23F2NO3S/c1-12(18(23)21-10-13-5-3-2-4-6-13)24-17(22)11-25-16-9-14(19)7-8-15(16)20/h7-9,12-13H,2-6,10-11H2,1H3,(H,21,23)/t12-/m1/s1. The maximum absolute atomic E-state index is 13.5. The molecule has 0 aromatic heterocycles. The van der Waals surface area contributed by atoms with Gasteiger partial charge in [-0.1, -0.05) is 19.3 Å². The molecule has 0 heterocycles. The number of amides is 1. The van der Waals surface area contributed by atoms with Crippen LogP contribution < -0.4 is 5.32 Å². The Balaban J connectivity index is 1.71. The van der Waals surface area contributed by atoms with Gasteiger partial charge in [-0.2, -0.15) is 0 Å². The zero-order valence-electron chi connectivity index (χ0n) is 14.2. The summed E-state index contributed by atoms with van der Waals surface area (Å²) in [6.45, 7) is 2.10. The van der Waals surface area contributed by atoms with Crippen molar-refractivity contribution in [3.8, 4) is 0 Å². The number of rotatable bonds is 7. The SMILES string of the molecule is C[C@@H](OC(=O)CSc1cc(F)ccc1F)C(=O)NCC1CCCCC1. The van der Waals surface area contributed by atoms with Gasteiger partial charge in [0.25, 0.3) is 5.91 Å². The molecule has 0 spiro atoms. The average molecular weight is 371 g/mol. The second-order valence-electron chi connectivity index (χ2n) is 6.24. The van der Waals surface area contributed by atoms with Crippen LogP contribution in [-0.2, 0) is 14.3 Å². The van der Waals surface area contributed by atoms with Crippen molar-refractivity contribution in [2.75, 3.05) is 12.3 Å². The molecule has 0 unspecified atom stereocenters. The van der Waals surface area contributed by atoms with Crippen LogP contribution in [0.4, 0.5) is 8.78 Å². The fourth-order valence-corrected chi connectivity index (χ4v) is 3.53. The fourth-order valence-electron chi connectivity index (χ4n) is 2.79. The molecule has 1 atom stereocenters. The van der Waals surface area contributed by atoms with Gasteiger partial charge < -0.3 is 10.1 Å². The van der Waals surface area contributed by atoms with Gasteiger partial charge in [-0.05, 0) is 43.9 Å². The van der Waals surface area contributed by atoms with E-state index in [-0.39, 0.29) is 16.6 Å². The van der Waals surface area contributed by atoms with Crippen LogP contribution in [0.25, 0.3) is 0 Å². The van der Waals surface area contributed by atoms with Crippen LogP contribution in [0.5, 0.6) is 0 Å². The first-order valence-corrected chi connectivity index (χ1v) is 9.49. The Bertz CT molecular complexity index is 606. The summed E-state index contributed by atoms with van der Waals surface area (Å²) in [6, 6.07) is 3.04. The minimum Gasteiger partial charge on any atom is -0.452 e. The van der Waals surface area contributed by atoms with E-state index in [0.717, 1.165) is 42.8 Å². The lowest BCUT2D eigenvalue weighted by Crippen LogP contribution is -2.39. The minimum absolute atomic E-state index is 0.0337. The first-order chi connectivity index (χ1) is 12.0. The van der Waals surface area contributed by atoms with Crippen molar-refractivity contribution in [2.45, 2.75) is 50.0 Å². The van der Waals surface area contributed by atoms with E-state index in [4.69, 9.17) is 4.74 Å². The third kappa shape index (κ3) is 6.65. The van der Waals surface area contributed by atoms with E-state index in [2.05, 4.69) is 5.32 Å². The van der Waals surface area contributed by atoms with Crippen LogP contribution in [0.2, 0.25) is 0 Å². The van der Waals surface area contributed by atoms with Crippen LogP contribution in [0.15, 0.2) is 23.1 Å². The predicted molar refractivity (Wildman–Crippen MR) is 92.2 cm³/mol. The summed E-state index contributed by atoms with van der Waals surface area (Å²) < 4.78 is 31.6. The number of thioether (sulfide) groups is 1. The fraction of sp³-hybridized carbons (Fsp3) is 0.556. The summed E-state index contributed by atoms with van der Waals surface area (Å²) in [5, 5.41) is 2.82. The van der Waals surface area contributed by atoms with Crippen molar-refractivity contribution in [2.24, 2.45) is 5.92 Å². The van der Waals surface area contributed by atoms with Gasteiger partial charge in [0.05, 0.1) is 5.75 Å². The Kier molecular flexibility index (Phi) is 7.68. The van der Waals surface area contributed by atoms with Gasteiger partial charge in [0, 0.05) is 11.4 Å². The molecule has 1 aliphatic rings. The van der Waals surface area contributed by atoms with Crippen molar-refractivity contribution in [1.82, 2.24) is 5.32 Å². The van der Waals surface area contributed by atoms with Crippen LogP contribution in [-0.4, -0.2) is 30.3 Å². The van der Waals surface area contributed by atoms with E-state index in [1.54, 1.807) is 0 Å². The molecule has 1 aromatic rings. The highest BCUT2D eigenvalue weighted by Crippen LogP contribution is 2.23. The molecule has 1 aromatic carbocycles. The van der Waals surface area contributed by atoms with Gasteiger partial charge >= 0.3 is 5.97 Å². The molecule has 0 radical (unpaired) electrons. The molecule has 1 amide bonds. The van der Waals surface area contributed by atoms with Crippen LogP contribution in [0.3, 0.4) is 0 Å². The predicted octanol–water partition coefficient (Wildman–Crippen LogP) is 3.69. The van der Waals surface area contributed by atoms with Gasteiger partial charge in [-0.15, -0.1) is 11.8 Å². The number of hydrogen-bond donors (Lipinski definition) is 1. The Morgan fingerprint density at radius 1 is 1.28 bits per heavy atom. The molecule has 4 nitrogen and oxygen atoms in total. The van der Waals surface area contributed by atoms with E-state index >= 15 is 0 Å². The second kappa shape index (κ2) is 9.75. The maximum Gasteiger partial charge on any atom is 0.317 e. The smallest absolute Gasteiger partial charge is 0.317 e. The van der Waals surface area contributed by atoms with Gasteiger partial charge in [-0.3, -0.25) is 9.59 Å². The van der Waals surface area contributed by atoms with Crippen molar-refractivity contribution >= 4 is 23.6 Å².